The van der Waals surface area contributed by atoms with E-state index in [1.807, 2.05) is 30.3 Å². The molecule has 0 saturated heterocycles. The van der Waals surface area contributed by atoms with Crippen LogP contribution in [0.15, 0.2) is 58.4 Å². The maximum absolute atomic E-state index is 12.1. The fraction of sp³-hybridized carbons (Fsp3) is 0.125. The average molecular weight is 423 g/mol. The zero-order valence-electron chi connectivity index (χ0n) is 13.3. The van der Waals surface area contributed by atoms with Gasteiger partial charge in [-0.25, -0.2) is 23.2 Å². The minimum atomic E-state index is -3.93. The van der Waals surface area contributed by atoms with Gasteiger partial charge >= 0.3 is 0 Å². The Labute approximate surface area is 153 Å². The molecule has 0 unspecified atom stereocenters. The van der Waals surface area contributed by atoms with Crippen molar-refractivity contribution in [2.24, 2.45) is 5.14 Å². The second-order valence-electron chi connectivity index (χ2n) is 5.26. The summed E-state index contributed by atoms with van der Waals surface area (Å²) < 4.78 is 31.8. The number of nitrogens with zero attached hydrogens (tertiary/aromatic N) is 3. The standard InChI is InChI=1S/C16H15BrN4O3S/c1-24-14-8-13(11-5-3-2-4-6-11)15(25(18,22)23)7-12(14)9-21-16(17)19-10-20-21/h2-8,10H,9H2,1H3,(H2,18,22,23). The molecule has 0 bridgehead atoms. The quantitative estimate of drug-likeness (QED) is 0.680. The smallest absolute Gasteiger partial charge is 0.238 e. The number of benzene rings is 2. The summed E-state index contributed by atoms with van der Waals surface area (Å²) in [6, 6.07) is 12.3. The Morgan fingerprint density at radius 2 is 1.96 bits per heavy atom. The van der Waals surface area contributed by atoms with Crippen LogP contribution in [0, 0.1) is 0 Å². The summed E-state index contributed by atoms with van der Waals surface area (Å²) in [7, 11) is -2.40. The Morgan fingerprint density at radius 3 is 2.52 bits per heavy atom. The molecule has 0 spiro atoms. The third-order valence-corrected chi connectivity index (χ3v) is 5.23. The Balaban J connectivity index is 2.20. The fourth-order valence-corrected chi connectivity index (χ4v) is 3.61. The second-order valence-corrected chi connectivity index (χ2v) is 7.50. The fourth-order valence-electron chi connectivity index (χ4n) is 2.51. The number of aromatic nitrogens is 3. The molecule has 1 aromatic heterocycles. The number of hydrogen-bond acceptors (Lipinski definition) is 5. The number of sulfonamides is 1. The third kappa shape index (κ3) is 3.73. The predicted octanol–water partition coefficient (Wildman–Crippen LogP) is 2.41. The maximum atomic E-state index is 12.1. The highest BCUT2D eigenvalue weighted by atomic mass is 79.9. The SMILES string of the molecule is COc1cc(-c2ccccc2)c(S(N)(=O)=O)cc1Cn1ncnc1Br. The van der Waals surface area contributed by atoms with Crippen LogP contribution in [0.3, 0.4) is 0 Å². The van der Waals surface area contributed by atoms with Crippen molar-refractivity contribution in [3.05, 3.63) is 59.1 Å². The van der Waals surface area contributed by atoms with E-state index >= 15 is 0 Å². The van der Waals surface area contributed by atoms with Crippen LogP contribution in [0.1, 0.15) is 5.56 Å². The Hall–Kier alpha value is -2.23. The Morgan fingerprint density at radius 1 is 1.24 bits per heavy atom. The van der Waals surface area contributed by atoms with Gasteiger partial charge in [-0.05, 0) is 33.6 Å². The zero-order valence-corrected chi connectivity index (χ0v) is 15.7. The highest BCUT2D eigenvalue weighted by Gasteiger charge is 2.20. The summed E-state index contributed by atoms with van der Waals surface area (Å²) in [5.41, 5.74) is 1.84. The van der Waals surface area contributed by atoms with Gasteiger partial charge in [0.15, 0.2) is 4.73 Å². The Bertz CT molecular complexity index is 1000. The molecule has 3 aromatic rings. The van der Waals surface area contributed by atoms with Crippen LogP contribution in [-0.2, 0) is 16.6 Å². The number of halogens is 1. The molecule has 3 rings (SSSR count). The number of primary sulfonamides is 1. The lowest BCUT2D eigenvalue weighted by Gasteiger charge is -2.15. The lowest BCUT2D eigenvalue weighted by Crippen LogP contribution is -2.15. The minimum Gasteiger partial charge on any atom is -0.496 e. The van der Waals surface area contributed by atoms with Gasteiger partial charge in [0.2, 0.25) is 10.0 Å². The van der Waals surface area contributed by atoms with Crippen molar-refractivity contribution in [3.63, 3.8) is 0 Å². The van der Waals surface area contributed by atoms with Crippen molar-refractivity contribution in [2.45, 2.75) is 11.4 Å². The van der Waals surface area contributed by atoms with E-state index in [0.717, 1.165) is 5.56 Å². The molecule has 1 heterocycles. The van der Waals surface area contributed by atoms with Crippen LogP contribution < -0.4 is 9.88 Å². The number of methoxy groups -OCH3 is 1. The van der Waals surface area contributed by atoms with Gasteiger partial charge in [-0.2, -0.15) is 5.10 Å². The molecular weight excluding hydrogens is 408 g/mol. The van der Waals surface area contributed by atoms with Crippen molar-refractivity contribution in [1.82, 2.24) is 14.8 Å². The first-order valence-electron chi connectivity index (χ1n) is 7.22. The normalized spacial score (nSPS) is 11.5. The predicted molar refractivity (Wildman–Crippen MR) is 96.6 cm³/mol. The van der Waals surface area contributed by atoms with E-state index in [1.165, 1.54) is 19.5 Å². The van der Waals surface area contributed by atoms with Gasteiger partial charge in [-0.1, -0.05) is 30.3 Å². The van der Waals surface area contributed by atoms with Gasteiger partial charge in [-0.3, -0.25) is 0 Å². The molecule has 2 N–H and O–H groups in total. The molecular formula is C16H15BrN4O3S. The van der Waals surface area contributed by atoms with Gasteiger partial charge in [0.25, 0.3) is 0 Å². The molecule has 7 nitrogen and oxygen atoms in total. The van der Waals surface area contributed by atoms with E-state index in [9.17, 15) is 8.42 Å². The van der Waals surface area contributed by atoms with Gasteiger partial charge < -0.3 is 4.74 Å². The van der Waals surface area contributed by atoms with Crippen LogP contribution in [-0.4, -0.2) is 30.3 Å². The summed E-state index contributed by atoms with van der Waals surface area (Å²) in [6.07, 6.45) is 1.40. The molecule has 9 heteroatoms. The summed E-state index contributed by atoms with van der Waals surface area (Å²) in [5.74, 6) is 0.536. The molecule has 0 amide bonds. The molecule has 0 aliphatic carbocycles. The molecule has 130 valence electrons. The lowest BCUT2D eigenvalue weighted by molar-refractivity contribution is 0.407. The summed E-state index contributed by atoms with van der Waals surface area (Å²) in [4.78, 5) is 4.02. The first-order chi connectivity index (χ1) is 11.9. The average Bonchev–Trinajstić information content (AvgIpc) is 2.99. The van der Waals surface area contributed by atoms with Gasteiger partial charge in [-0.15, -0.1) is 0 Å². The van der Waals surface area contributed by atoms with Gasteiger partial charge in [0.1, 0.15) is 12.1 Å². The van der Waals surface area contributed by atoms with E-state index in [4.69, 9.17) is 9.88 Å². The molecule has 0 radical (unpaired) electrons. The summed E-state index contributed by atoms with van der Waals surface area (Å²) >= 11 is 3.29. The molecule has 0 fully saturated rings. The van der Waals surface area contributed by atoms with Crippen molar-refractivity contribution in [1.29, 1.82) is 0 Å². The van der Waals surface area contributed by atoms with E-state index in [1.54, 1.807) is 10.7 Å². The number of rotatable bonds is 5. The van der Waals surface area contributed by atoms with Crippen molar-refractivity contribution in [3.8, 4) is 16.9 Å². The molecule has 0 saturated carbocycles. The monoisotopic (exact) mass is 422 g/mol. The largest absolute Gasteiger partial charge is 0.496 e. The van der Waals surface area contributed by atoms with Gasteiger partial charge in [0, 0.05) is 11.1 Å². The van der Waals surface area contributed by atoms with E-state index < -0.39 is 10.0 Å². The van der Waals surface area contributed by atoms with Crippen LogP contribution in [0.2, 0.25) is 0 Å². The Kier molecular flexibility index (Phi) is 4.89. The van der Waals surface area contributed by atoms with Crippen LogP contribution in [0.25, 0.3) is 11.1 Å². The molecule has 0 aliphatic heterocycles. The van der Waals surface area contributed by atoms with Crippen LogP contribution in [0.5, 0.6) is 5.75 Å². The van der Waals surface area contributed by atoms with Crippen LogP contribution >= 0.6 is 15.9 Å². The minimum absolute atomic E-state index is 0.0331. The van der Waals surface area contributed by atoms with Crippen molar-refractivity contribution >= 4 is 26.0 Å². The number of nitrogens with two attached hydrogens (primary N) is 1. The highest BCUT2D eigenvalue weighted by Crippen LogP contribution is 2.34. The number of hydrogen-bond donors (Lipinski definition) is 1. The summed E-state index contributed by atoms with van der Waals surface area (Å²) in [5, 5.41) is 9.53. The molecule has 0 aliphatic rings. The molecule has 2 aromatic carbocycles. The van der Waals surface area contributed by atoms with E-state index in [2.05, 4.69) is 26.0 Å². The van der Waals surface area contributed by atoms with E-state index in [-0.39, 0.29) is 11.4 Å². The van der Waals surface area contributed by atoms with Crippen molar-refractivity contribution in [2.75, 3.05) is 7.11 Å². The van der Waals surface area contributed by atoms with Crippen molar-refractivity contribution < 1.29 is 13.2 Å². The highest BCUT2D eigenvalue weighted by molar-refractivity contribution is 9.10. The third-order valence-electron chi connectivity index (χ3n) is 3.66. The second kappa shape index (κ2) is 6.95. The first kappa shape index (κ1) is 17.6. The zero-order chi connectivity index (χ0) is 18.0. The lowest BCUT2D eigenvalue weighted by atomic mass is 10.0. The maximum Gasteiger partial charge on any atom is 0.238 e. The van der Waals surface area contributed by atoms with Gasteiger partial charge in [0.05, 0.1) is 18.6 Å². The number of ether oxygens (including phenoxy) is 1. The molecule has 0 atom stereocenters. The summed E-state index contributed by atoms with van der Waals surface area (Å²) in [6.45, 7) is 0.279. The van der Waals surface area contributed by atoms with E-state index in [0.29, 0.717) is 21.6 Å². The first-order valence-corrected chi connectivity index (χ1v) is 9.56. The topological polar surface area (TPSA) is 100 Å². The van der Waals surface area contributed by atoms with Crippen LogP contribution in [0.4, 0.5) is 0 Å². The molecule has 25 heavy (non-hydrogen) atoms.